The molecule has 2 atom stereocenters. The third kappa shape index (κ3) is 2.26. The SMILES string of the molecule is COCOC1C(=O)NC1c1ccc(Br)cc1. The molecule has 0 aliphatic carbocycles. The van der Waals surface area contributed by atoms with E-state index in [1.165, 1.54) is 7.11 Å². The molecule has 2 rings (SSSR count). The molecule has 2 unspecified atom stereocenters. The molecule has 0 aromatic heterocycles. The minimum absolute atomic E-state index is 0.0734. The lowest BCUT2D eigenvalue weighted by atomic mass is 9.94. The van der Waals surface area contributed by atoms with Crippen molar-refractivity contribution in [3.8, 4) is 0 Å². The minimum Gasteiger partial charge on any atom is -0.359 e. The van der Waals surface area contributed by atoms with Crippen LogP contribution in [0.3, 0.4) is 0 Å². The van der Waals surface area contributed by atoms with Gasteiger partial charge in [-0.25, -0.2) is 0 Å². The van der Waals surface area contributed by atoms with Crippen LogP contribution in [0.1, 0.15) is 11.6 Å². The van der Waals surface area contributed by atoms with Crippen molar-refractivity contribution in [3.05, 3.63) is 34.3 Å². The molecule has 1 aromatic rings. The number of carbonyl (C=O) groups excluding carboxylic acids is 1. The van der Waals surface area contributed by atoms with Crippen molar-refractivity contribution in [2.24, 2.45) is 0 Å². The molecule has 1 heterocycles. The number of benzene rings is 1. The number of methoxy groups -OCH3 is 1. The van der Waals surface area contributed by atoms with Gasteiger partial charge in [0.05, 0.1) is 6.04 Å². The van der Waals surface area contributed by atoms with Crippen molar-refractivity contribution >= 4 is 21.8 Å². The van der Waals surface area contributed by atoms with E-state index in [0.29, 0.717) is 0 Å². The van der Waals surface area contributed by atoms with Gasteiger partial charge in [0.2, 0.25) is 0 Å². The molecule has 1 aliphatic heterocycles. The first-order chi connectivity index (χ1) is 7.72. The number of carbonyl (C=O) groups is 1. The Hall–Kier alpha value is -0.910. The van der Waals surface area contributed by atoms with Crippen LogP contribution in [0.25, 0.3) is 0 Å². The van der Waals surface area contributed by atoms with Gasteiger partial charge in [-0.15, -0.1) is 0 Å². The van der Waals surface area contributed by atoms with E-state index in [1.807, 2.05) is 24.3 Å². The number of hydrogen-bond acceptors (Lipinski definition) is 3. The molecule has 1 N–H and O–H groups in total. The highest BCUT2D eigenvalue weighted by molar-refractivity contribution is 9.10. The number of nitrogens with one attached hydrogen (secondary N) is 1. The lowest BCUT2D eigenvalue weighted by Crippen LogP contribution is -2.57. The monoisotopic (exact) mass is 285 g/mol. The number of ether oxygens (including phenoxy) is 2. The second kappa shape index (κ2) is 4.95. The summed E-state index contributed by atoms with van der Waals surface area (Å²) in [5, 5.41) is 2.80. The van der Waals surface area contributed by atoms with Crippen LogP contribution in [0.2, 0.25) is 0 Å². The van der Waals surface area contributed by atoms with Gasteiger partial charge in [0.1, 0.15) is 6.79 Å². The van der Waals surface area contributed by atoms with E-state index in [2.05, 4.69) is 21.2 Å². The summed E-state index contributed by atoms with van der Waals surface area (Å²) in [6.07, 6.45) is -0.443. The predicted molar refractivity (Wildman–Crippen MR) is 61.8 cm³/mol. The molecule has 0 spiro atoms. The lowest BCUT2D eigenvalue weighted by Gasteiger charge is -2.36. The Balaban J connectivity index is 2.04. The molecule has 0 radical (unpaired) electrons. The summed E-state index contributed by atoms with van der Waals surface area (Å²) in [5.41, 5.74) is 1.03. The summed E-state index contributed by atoms with van der Waals surface area (Å²) in [7, 11) is 1.53. The fourth-order valence-electron chi connectivity index (χ4n) is 1.61. The van der Waals surface area contributed by atoms with E-state index < -0.39 is 6.10 Å². The Bertz CT molecular complexity index is 379. The lowest BCUT2D eigenvalue weighted by molar-refractivity contribution is -0.161. The van der Waals surface area contributed by atoms with E-state index in [0.717, 1.165) is 10.0 Å². The Morgan fingerprint density at radius 1 is 1.38 bits per heavy atom. The fraction of sp³-hybridized carbons (Fsp3) is 0.364. The van der Waals surface area contributed by atoms with Gasteiger partial charge in [0.15, 0.2) is 6.10 Å². The molecule has 0 saturated carbocycles. The molecule has 16 heavy (non-hydrogen) atoms. The summed E-state index contributed by atoms with van der Waals surface area (Å²) >= 11 is 3.36. The van der Waals surface area contributed by atoms with E-state index in [-0.39, 0.29) is 18.7 Å². The summed E-state index contributed by atoms with van der Waals surface area (Å²) in [6, 6.07) is 7.71. The molecular weight excluding hydrogens is 274 g/mol. The van der Waals surface area contributed by atoms with Crippen molar-refractivity contribution in [3.63, 3.8) is 0 Å². The third-order valence-electron chi connectivity index (χ3n) is 2.45. The highest BCUT2D eigenvalue weighted by Crippen LogP contribution is 2.28. The molecule has 1 aliphatic rings. The van der Waals surface area contributed by atoms with Gasteiger partial charge in [0.25, 0.3) is 5.91 Å². The molecule has 5 heteroatoms. The highest BCUT2D eigenvalue weighted by atomic mass is 79.9. The Labute approximate surface area is 102 Å². The second-order valence-electron chi connectivity index (χ2n) is 3.53. The van der Waals surface area contributed by atoms with Gasteiger partial charge in [-0.2, -0.15) is 0 Å². The molecule has 1 saturated heterocycles. The smallest absolute Gasteiger partial charge is 0.252 e. The van der Waals surface area contributed by atoms with Gasteiger partial charge in [-0.05, 0) is 17.7 Å². The van der Waals surface area contributed by atoms with Gasteiger partial charge in [-0.1, -0.05) is 28.1 Å². The third-order valence-corrected chi connectivity index (χ3v) is 2.98. The number of β-lactam (4-membered cyclic amide) rings is 1. The molecule has 0 bridgehead atoms. The van der Waals surface area contributed by atoms with E-state index in [4.69, 9.17) is 9.47 Å². The highest BCUT2D eigenvalue weighted by Gasteiger charge is 2.41. The van der Waals surface area contributed by atoms with Crippen molar-refractivity contribution in [1.29, 1.82) is 0 Å². The summed E-state index contributed by atoms with van der Waals surface area (Å²) in [4.78, 5) is 11.3. The first kappa shape index (κ1) is 11.6. The zero-order valence-corrected chi connectivity index (χ0v) is 10.4. The number of hydrogen-bond donors (Lipinski definition) is 1. The molecular formula is C11H12BrNO3. The Kier molecular flexibility index (Phi) is 3.58. The van der Waals surface area contributed by atoms with Crippen LogP contribution in [0, 0.1) is 0 Å². The van der Waals surface area contributed by atoms with Gasteiger partial charge in [0, 0.05) is 11.6 Å². The normalized spacial score (nSPS) is 23.8. The maximum Gasteiger partial charge on any atom is 0.252 e. The summed E-state index contributed by atoms with van der Waals surface area (Å²) in [6.45, 7) is 0.130. The first-order valence-electron chi connectivity index (χ1n) is 4.89. The van der Waals surface area contributed by atoms with Gasteiger partial charge >= 0.3 is 0 Å². The fourth-order valence-corrected chi connectivity index (χ4v) is 1.87. The second-order valence-corrected chi connectivity index (χ2v) is 4.45. The maximum absolute atomic E-state index is 11.3. The molecule has 1 amide bonds. The van der Waals surface area contributed by atoms with Crippen LogP contribution in [-0.4, -0.2) is 25.9 Å². The molecule has 86 valence electrons. The van der Waals surface area contributed by atoms with Crippen LogP contribution in [0.15, 0.2) is 28.7 Å². The standard InChI is InChI=1S/C11H12BrNO3/c1-15-6-16-10-9(13-11(10)14)7-2-4-8(12)5-3-7/h2-5,9-10H,6H2,1H3,(H,13,14). The number of rotatable bonds is 4. The maximum atomic E-state index is 11.3. The van der Waals surface area contributed by atoms with Crippen molar-refractivity contribution in [1.82, 2.24) is 5.32 Å². The van der Waals surface area contributed by atoms with Gasteiger partial charge < -0.3 is 14.8 Å². The van der Waals surface area contributed by atoms with E-state index in [1.54, 1.807) is 0 Å². The topological polar surface area (TPSA) is 47.6 Å². The minimum atomic E-state index is -0.443. The Morgan fingerprint density at radius 2 is 2.06 bits per heavy atom. The van der Waals surface area contributed by atoms with Gasteiger partial charge in [-0.3, -0.25) is 4.79 Å². The Morgan fingerprint density at radius 3 is 2.62 bits per heavy atom. The number of amides is 1. The number of halogens is 1. The zero-order chi connectivity index (χ0) is 11.5. The van der Waals surface area contributed by atoms with Crippen LogP contribution in [-0.2, 0) is 14.3 Å². The summed E-state index contributed by atoms with van der Waals surface area (Å²) < 4.78 is 11.1. The van der Waals surface area contributed by atoms with Crippen molar-refractivity contribution < 1.29 is 14.3 Å². The van der Waals surface area contributed by atoms with E-state index >= 15 is 0 Å². The molecule has 1 aromatic carbocycles. The average molecular weight is 286 g/mol. The van der Waals surface area contributed by atoms with Crippen LogP contribution in [0.5, 0.6) is 0 Å². The van der Waals surface area contributed by atoms with Crippen LogP contribution >= 0.6 is 15.9 Å². The van der Waals surface area contributed by atoms with Crippen molar-refractivity contribution in [2.75, 3.05) is 13.9 Å². The van der Waals surface area contributed by atoms with Crippen molar-refractivity contribution in [2.45, 2.75) is 12.1 Å². The van der Waals surface area contributed by atoms with Crippen LogP contribution in [0.4, 0.5) is 0 Å². The first-order valence-corrected chi connectivity index (χ1v) is 5.68. The van der Waals surface area contributed by atoms with E-state index in [9.17, 15) is 4.79 Å². The molecule has 4 nitrogen and oxygen atoms in total. The average Bonchev–Trinajstić information content (AvgIpc) is 2.28. The quantitative estimate of drug-likeness (QED) is 0.675. The molecule has 1 fully saturated rings. The zero-order valence-electron chi connectivity index (χ0n) is 8.77. The summed E-state index contributed by atoms with van der Waals surface area (Å²) in [5.74, 6) is -0.0926. The largest absolute Gasteiger partial charge is 0.359 e. The van der Waals surface area contributed by atoms with Crippen LogP contribution < -0.4 is 5.32 Å². The predicted octanol–water partition coefficient (Wildman–Crippen LogP) is 1.61.